The van der Waals surface area contributed by atoms with Crippen LogP contribution in [-0.2, 0) is 4.74 Å². The molecule has 2 saturated heterocycles. The second-order valence-corrected chi connectivity index (χ2v) is 8.02. The number of aromatic carboxylic acids is 1. The molecular formula is C18H26N4O4. The molecule has 2 fully saturated rings. The zero-order valence-corrected chi connectivity index (χ0v) is 15.6. The minimum Gasteiger partial charge on any atom is -0.478 e. The summed E-state index contributed by atoms with van der Waals surface area (Å²) in [4.78, 5) is 35.7. The Morgan fingerprint density at radius 2 is 1.73 bits per heavy atom. The number of aromatic nitrogens is 2. The van der Waals surface area contributed by atoms with E-state index in [0.29, 0.717) is 19.0 Å². The average molecular weight is 362 g/mol. The van der Waals surface area contributed by atoms with Gasteiger partial charge in [-0.1, -0.05) is 0 Å². The second-order valence-electron chi connectivity index (χ2n) is 8.02. The van der Waals surface area contributed by atoms with E-state index in [1.54, 1.807) is 4.90 Å². The van der Waals surface area contributed by atoms with E-state index >= 15 is 0 Å². The van der Waals surface area contributed by atoms with Gasteiger partial charge in [-0.15, -0.1) is 0 Å². The minimum absolute atomic E-state index is 0.0662. The molecule has 0 atom stereocenters. The van der Waals surface area contributed by atoms with Crippen LogP contribution in [0, 0.1) is 0 Å². The van der Waals surface area contributed by atoms with Crippen molar-refractivity contribution in [3.05, 3.63) is 18.0 Å². The van der Waals surface area contributed by atoms with E-state index in [1.807, 2.05) is 20.8 Å². The molecule has 3 rings (SSSR count). The number of amides is 1. The molecule has 8 heteroatoms. The highest BCUT2D eigenvalue weighted by molar-refractivity contribution is 5.86. The number of anilines is 1. The van der Waals surface area contributed by atoms with Crippen LogP contribution in [0.4, 0.5) is 10.7 Å². The third kappa shape index (κ3) is 3.73. The maximum Gasteiger partial charge on any atom is 0.410 e. The van der Waals surface area contributed by atoms with Gasteiger partial charge >= 0.3 is 12.1 Å². The Balaban J connectivity index is 1.68. The highest BCUT2D eigenvalue weighted by Gasteiger charge is 2.45. The van der Waals surface area contributed by atoms with E-state index in [0.717, 1.165) is 32.2 Å². The van der Waals surface area contributed by atoms with Gasteiger partial charge in [-0.25, -0.2) is 19.6 Å². The lowest BCUT2D eigenvalue weighted by Crippen LogP contribution is -2.54. The smallest absolute Gasteiger partial charge is 0.410 e. The Kier molecular flexibility index (Phi) is 4.77. The lowest BCUT2D eigenvalue weighted by atomic mass is 9.85. The van der Waals surface area contributed by atoms with E-state index in [2.05, 4.69) is 14.9 Å². The van der Waals surface area contributed by atoms with Crippen molar-refractivity contribution in [3.63, 3.8) is 0 Å². The number of carboxylic acids is 1. The van der Waals surface area contributed by atoms with Gasteiger partial charge in [0.1, 0.15) is 5.60 Å². The summed E-state index contributed by atoms with van der Waals surface area (Å²) in [6, 6.07) is 0. The maximum absolute atomic E-state index is 12.3. The van der Waals surface area contributed by atoms with Crippen molar-refractivity contribution in [1.29, 1.82) is 0 Å². The number of hydrogen-bond acceptors (Lipinski definition) is 6. The second kappa shape index (κ2) is 6.74. The molecule has 8 nitrogen and oxygen atoms in total. The van der Waals surface area contributed by atoms with Gasteiger partial charge in [0.25, 0.3) is 0 Å². The molecule has 1 aromatic rings. The highest BCUT2D eigenvalue weighted by atomic mass is 16.6. The summed E-state index contributed by atoms with van der Waals surface area (Å²) in [5.41, 5.74) is -0.476. The third-order valence-corrected chi connectivity index (χ3v) is 5.07. The fourth-order valence-corrected chi connectivity index (χ4v) is 3.77. The summed E-state index contributed by atoms with van der Waals surface area (Å²) in [5.74, 6) is -0.462. The van der Waals surface area contributed by atoms with Crippen molar-refractivity contribution >= 4 is 18.0 Å². The number of likely N-dealkylation sites (tertiary alicyclic amines) is 1. The van der Waals surface area contributed by atoms with Gasteiger partial charge in [-0.05, 0) is 46.5 Å². The molecule has 3 heterocycles. The van der Waals surface area contributed by atoms with Gasteiger partial charge in [0.2, 0.25) is 5.95 Å². The molecule has 0 aromatic carbocycles. The van der Waals surface area contributed by atoms with Crippen LogP contribution in [0.25, 0.3) is 0 Å². The Labute approximate surface area is 153 Å². The summed E-state index contributed by atoms with van der Waals surface area (Å²) in [6.07, 6.45) is 6.17. The number of carboxylic acid groups (broad SMARTS) is 1. The largest absolute Gasteiger partial charge is 0.478 e. The summed E-state index contributed by atoms with van der Waals surface area (Å²) >= 11 is 0. The van der Waals surface area contributed by atoms with Crippen LogP contribution >= 0.6 is 0 Å². The van der Waals surface area contributed by atoms with Gasteiger partial charge < -0.3 is 19.6 Å². The Morgan fingerprint density at radius 3 is 2.27 bits per heavy atom. The van der Waals surface area contributed by atoms with Gasteiger partial charge in [-0.3, -0.25) is 0 Å². The van der Waals surface area contributed by atoms with Crippen molar-refractivity contribution < 1.29 is 19.4 Å². The number of rotatable bonds is 2. The van der Waals surface area contributed by atoms with Crippen LogP contribution in [-0.4, -0.2) is 62.8 Å². The molecule has 0 radical (unpaired) electrons. The molecule has 0 aliphatic carbocycles. The van der Waals surface area contributed by atoms with Crippen LogP contribution in [0.15, 0.2) is 12.4 Å². The lowest BCUT2D eigenvalue weighted by molar-refractivity contribution is 0.0169. The standard InChI is InChI=1S/C18H26N4O4/c1-17(2,3)26-16(25)21-9-6-18(7-10-21)5-4-8-22(18)15-19-11-13(12-20-15)14(23)24/h11-12H,4-10H2,1-3H3,(H,23,24). The van der Waals surface area contributed by atoms with Gasteiger partial charge in [0.15, 0.2) is 0 Å². The lowest BCUT2D eigenvalue weighted by Gasteiger charge is -2.45. The predicted octanol–water partition coefficient (Wildman–Crippen LogP) is 2.54. The molecule has 0 saturated carbocycles. The first kappa shape index (κ1) is 18.4. The van der Waals surface area contributed by atoms with Crippen molar-refractivity contribution in [3.8, 4) is 0 Å². The number of hydrogen-bond donors (Lipinski definition) is 1. The predicted molar refractivity (Wildman–Crippen MR) is 95.3 cm³/mol. The number of ether oxygens (including phenoxy) is 1. The normalized spacial score (nSPS) is 19.7. The Bertz CT molecular complexity index is 675. The first-order chi connectivity index (χ1) is 12.2. The van der Waals surface area contributed by atoms with Gasteiger partial charge in [-0.2, -0.15) is 0 Å². The fourth-order valence-electron chi connectivity index (χ4n) is 3.77. The molecule has 0 bridgehead atoms. The van der Waals surface area contributed by atoms with E-state index < -0.39 is 11.6 Å². The van der Waals surface area contributed by atoms with E-state index in [9.17, 15) is 9.59 Å². The highest BCUT2D eigenvalue weighted by Crippen LogP contribution is 2.40. The number of carbonyl (C=O) groups is 2. The van der Waals surface area contributed by atoms with Crippen molar-refractivity contribution in [1.82, 2.24) is 14.9 Å². The summed E-state index contributed by atoms with van der Waals surface area (Å²) in [7, 11) is 0. The summed E-state index contributed by atoms with van der Waals surface area (Å²) < 4.78 is 5.47. The van der Waals surface area contributed by atoms with Gasteiger partial charge in [0.05, 0.1) is 5.56 Å². The molecular weight excluding hydrogens is 336 g/mol. The molecule has 2 aliphatic heterocycles. The van der Waals surface area contributed by atoms with E-state index in [1.165, 1.54) is 12.4 Å². The molecule has 1 aromatic heterocycles. The first-order valence-corrected chi connectivity index (χ1v) is 9.01. The van der Waals surface area contributed by atoms with E-state index in [-0.39, 0.29) is 17.2 Å². The third-order valence-electron chi connectivity index (χ3n) is 5.07. The molecule has 1 amide bonds. The quantitative estimate of drug-likeness (QED) is 0.863. The van der Waals surface area contributed by atoms with Crippen LogP contribution in [0.3, 0.4) is 0 Å². The first-order valence-electron chi connectivity index (χ1n) is 9.01. The van der Waals surface area contributed by atoms with Crippen LogP contribution in [0.1, 0.15) is 56.8 Å². The molecule has 0 unspecified atom stereocenters. The van der Waals surface area contributed by atoms with E-state index in [4.69, 9.17) is 9.84 Å². The Morgan fingerprint density at radius 1 is 1.12 bits per heavy atom. The molecule has 142 valence electrons. The van der Waals surface area contributed by atoms with Crippen molar-refractivity contribution in [2.24, 2.45) is 0 Å². The zero-order chi connectivity index (χ0) is 18.9. The summed E-state index contributed by atoms with van der Waals surface area (Å²) in [5, 5.41) is 9.00. The van der Waals surface area contributed by atoms with Crippen molar-refractivity contribution in [2.75, 3.05) is 24.5 Å². The SMILES string of the molecule is CC(C)(C)OC(=O)N1CCC2(CCCN2c2ncc(C(=O)O)cn2)CC1. The monoisotopic (exact) mass is 362 g/mol. The molecule has 1 N–H and O–H groups in total. The van der Waals surface area contributed by atoms with Crippen LogP contribution < -0.4 is 4.90 Å². The van der Waals surface area contributed by atoms with Crippen LogP contribution in [0.5, 0.6) is 0 Å². The topological polar surface area (TPSA) is 95.9 Å². The molecule has 26 heavy (non-hydrogen) atoms. The number of piperidine rings is 1. The average Bonchev–Trinajstić information content (AvgIpc) is 2.97. The zero-order valence-electron chi connectivity index (χ0n) is 15.6. The molecule has 2 aliphatic rings. The summed E-state index contributed by atoms with van der Waals surface area (Å²) in [6.45, 7) is 7.73. The fraction of sp³-hybridized carbons (Fsp3) is 0.667. The minimum atomic E-state index is -1.03. The maximum atomic E-state index is 12.3. The van der Waals surface area contributed by atoms with Crippen LogP contribution in [0.2, 0.25) is 0 Å². The molecule has 1 spiro atoms. The van der Waals surface area contributed by atoms with Crippen molar-refractivity contribution in [2.45, 2.75) is 57.6 Å². The number of carbonyl (C=O) groups excluding carboxylic acids is 1. The Hall–Kier alpha value is -2.38. The number of nitrogens with zero attached hydrogens (tertiary/aromatic N) is 4. The van der Waals surface area contributed by atoms with Gasteiger partial charge in [0, 0.05) is 37.6 Å².